The smallest absolute Gasteiger partial charge is 0.336 e. The highest BCUT2D eigenvalue weighted by molar-refractivity contribution is 7.86. The van der Waals surface area contributed by atoms with Gasteiger partial charge < -0.3 is 25.1 Å². The fourth-order valence-electron chi connectivity index (χ4n) is 4.63. The number of aromatic carboxylic acids is 1. The van der Waals surface area contributed by atoms with E-state index in [1.807, 2.05) is 5.32 Å². The number of rotatable bonds is 9. The molecule has 19 nitrogen and oxygen atoms in total. The number of hydrogen-bond acceptors (Lipinski definition) is 13. The molecule has 2 aromatic carbocycles. The highest BCUT2D eigenvalue weighted by atomic mass is 32.2. The lowest BCUT2D eigenvalue weighted by Gasteiger charge is -2.21. The van der Waals surface area contributed by atoms with Crippen LogP contribution in [0.3, 0.4) is 0 Å². The molecule has 0 spiro atoms. The van der Waals surface area contributed by atoms with E-state index in [2.05, 4.69) is 0 Å². The van der Waals surface area contributed by atoms with Gasteiger partial charge in [-0.1, -0.05) is 6.07 Å². The first-order valence-corrected chi connectivity index (χ1v) is 16.6. The lowest BCUT2D eigenvalue weighted by Crippen LogP contribution is -2.52. The maximum atomic E-state index is 13.0. The van der Waals surface area contributed by atoms with Crippen molar-refractivity contribution in [3.05, 3.63) is 58.9 Å². The standard InChI is InChI=1S/C24H21N5O14S3/c25-14-5-3-11-17(12-4-6-15(26)21(46(40,41)42)19(12)43-18(11)20(14)45(37,38)39)10-2-1-9(7-13(10)24(32)33)22(30)28-16(23(31)29-27)8-44(34,35)36/h1-7,16,25H,8,26-27H2,(H,28,30)(H,29,31)(H,32,33)(H,34,35,36)(H,37,38,39)(H,40,41,42). The number of carbonyl (C=O) groups is 3. The highest BCUT2D eigenvalue weighted by Crippen LogP contribution is 2.45. The summed E-state index contributed by atoms with van der Waals surface area (Å²) in [4.78, 5) is 35.2. The van der Waals surface area contributed by atoms with Crippen LogP contribution in [0.2, 0.25) is 0 Å². The largest absolute Gasteiger partial charge is 0.744 e. The number of nitrogens with two attached hydrogens (primary N) is 3. The average Bonchev–Trinajstić information content (AvgIpc) is 2.92. The predicted octanol–water partition coefficient (Wildman–Crippen LogP) is -2.73. The molecular weight excluding hydrogens is 678 g/mol. The van der Waals surface area contributed by atoms with Gasteiger partial charge in [-0.3, -0.25) is 29.5 Å². The van der Waals surface area contributed by atoms with Crippen LogP contribution in [0.15, 0.2) is 56.7 Å². The molecule has 22 heteroatoms. The molecule has 46 heavy (non-hydrogen) atoms. The molecule has 0 fully saturated rings. The summed E-state index contributed by atoms with van der Waals surface area (Å²) in [5.74, 6) is -1.25. The normalized spacial score (nSPS) is 13.0. The Morgan fingerprint density at radius 2 is 1.59 bits per heavy atom. The molecule has 1 aliphatic carbocycles. The van der Waals surface area contributed by atoms with Gasteiger partial charge in [0.15, 0.2) is 11.3 Å². The van der Waals surface area contributed by atoms with Gasteiger partial charge in [0.25, 0.3) is 21.9 Å². The van der Waals surface area contributed by atoms with E-state index in [0.29, 0.717) is 0 Å². The number of fused-ring (bicyclic) bond motifs is 2. The number of carboxylic acid groups (broad SMARTS) is 1. The second kappa shape index (κ2) is 11.8. The Hall–Kier alpha value is -4.97. The zero-order valence-corrected chi connectivity index (χ0v) is 25.1. The Labute approximate surface area is 257 Å². The Kier molecular flexibility index (Phi) is 8.67. The lowest BCUT2D eigenvalue weighted by molar-refractivity contribution is -0.176. The van der Waals surface area contributed by atoms with Gasteiger partial charge in [0.05, 0.1) is 11.3 Å². The Balaban J connectivity index is 2.08. The van der Waals surface area contributed by atoms with E-state index < -0.39 is 103 Å². The molecule has 244 valence electrons. The van der Waals surface area contributed by atoms with Crippen LogP contribution in [0.1, 0.15) is 20.7 Å². The number of hydrazine groups is 1. The minimum absolute atomic E-state index is 0.263. The summed E-state index contributed by atoms with van der Waals surface area (Å²) in [6.07, 6.45) is 0. The summed E-state index contributed by atoms with van der Waals surface area (Å²) in [5.41, 5.74) is 3.85. The van der Waals surface area contributed by atoms with Crippen molar-refractivity contribution in [3.63, 3.8) is 0 Å². The average molecular weight is 700 g/mol. The van der Waals surface area contributed by atoms with Crippen molar-refractivity contribution in [1.29, 1.82) is 0 Å². The molecule has 2 amide bonds. The molecule has 1 unspecified atom stereocenters. The molecule has 2 aliphatic rings. The zero-order chi connectivity index (χ0) is 34.5. The molecule has 1 aliphatic heterocycles. The van der Waals surface area contributed by atoms with Gasteiger partial charge in [-0.15, -0.1) is 0 Å². The number of carboxylic acids is 1. The number of nitrogens with one attached hydrogen (secondary N) is 2. The Morgan fingerprint density at radius 1 is 0.957 bits per heavy atom. The van der Waals surface area contributed by atoms with E-state index in [1.165, 1.54) is 0 Å². The monoisotopic (exact) mass is 699 g/mol. The third-order valence-corrected chi connectivity index (χ3v) is 9.07. The number of carbonyl (C=O) groups excluding carboxylic acids is 2. The molecule has 0 aromatic heterocycles. The van der Waals surface area contributed by atoms with Crippen LogP contribution < -0.4 is 33.1 Å². The second-order valence-corrected chi connectivity index (χ2v) is 13.6. The maximum absolute atomic E-state index is 13.0. The van der Waals surface area contributed by atoms with E-state index in [-0.39, 0.29) is 22.1 Å². The molecule has 0 saturated carbocycles. The van der Waals surface area contributed by atoms with Crippen LogP contribution in [0, 0.1) is 0 Å². The topological polar surface area (TPSA) is 352 Å². The van der Waals surface area contributed by atoms with Gasteiger partial charge in [-0.2, -0.15) is 16.8 Å². The van der Waals surface area contributed by atoms with Gasteiger partial charge >= 0.3 is 16.1 Å². The van der Waals surface area contributed by atoms with E-state index >= 15 is 0 Å². The van der Waals surface area contributed by atoms with Crippen molar-refractivity contribution < 1.29 is 68.2 Å². The summed E-state index contributed by atoms with van der Waals surface area (Å²) in [6.45, 7) is 0. The number of hydrogen-bond donors (Lipinski definition) is 8. The third kappa shape index (κ3) is 6.52. The van der Waals surface area contributed by atoms with Crippen molar-refractivity contribution in [3.8, 4) is 22.5 Å². The molecular formula is C24H21N5O14S3. The number of nitrogen functional groups attached to an aromatic ring is 1. The Bertz CT molecular complexity index is 2340. The summed E-state index contributed by atoms with van der Waals surface area (Å²) in [6, 6.07) is 5.13. The predicted molar refractivity (Wildman–Crippen MR) is 152 cm³/mol. The van der Waals surface area contributed by atoms with Crippen molar-refractivity contribution >= 4 is 64.8 Å². The SMILES string of the molecule is NNC(=O)C(CS(=O)(=O)O)NC(=O)c1ccc(-c2c3ccc(=[NH2+])c(S(=O)(=O)O)c-3oc3c(S(=O)(=O)[O-])c(N)ccc23)c(C(=O)O)c1. The van der Waals surface area contributed by atoms with Gasteiger partial charge in [0.2, 0.25) is 10.3 Å². The fourth-order valence-corrected chi connectivity index (χ4v) is 6.77. The second-order valence-electron chi connectivity index (χ2n) is 9.48. The molecule has 1 atom stereocenters. The molecule has 1 heterocycles. The van der Waals surface area contributed by atoms with E-state index in [1.54, 1.807) is 5.43 Å². The summed E-state index contributed by atoms with van der Waals surface area (Å²) in [7, 11) is -15.5. The summed E-state index contributed by atoms with van der Waals surface area (Å²) < 4.78 is 109. The summed E-state index contributed by atoms with van der Waals surface area (Å²) >= 11 is 0. The quantitative estimate of drug-likeness (QED) is 0.0219. The van der Waals surface area contributed by atoms with Crippen molar-refractivity contribution in [1.82, 2.24) is 10.7 Å². The summed E-state index contributed by atoms with van der Waals surface area (Å²) in [5, 5.41) is 17.0. The fraction of sp³-hybridized carbons (Fsp3) is 0.0833. The van der Waals surface area contributed by atoms with Crippen molar-refractivity contribution in [2.45, 2.75) is 15.8 Å². The van der Waals surface area contributed by atoms with Crippen LogP contribution >= 0.6 is 0 Å². The molecule has 4 rings (SSSR count). The minimum Gasteiger partial charge on any atom is -0.744 e. The first-order valence-electron chi connectivity index (χ1n) is 12.1. The van der Waals surface area contributed by atoms with Crippen molar-refractivity contribution in [2.75, 3.05) is 11.5 Å². The van der Waals surface area contributed by atoms with Crippen LogP contribution in [0.4, 0.5) is 5.69 Å². The molecule has 0 bridgehead atoms. The van der Waals surface area contributed by atoms with Gasteiger partial charge in [-0.25, -0.2) is 19.1 Å². The van der Waals surface area contributed by atoms with E-state index in [0.717, 1.165) is 42.5 Å². The zero-order valence-electron chi connectivity index (χ0n) is 22.6. The van der Waals surface area contributed by atoms with Crippen LogP contribution in [-0.4, -0.2) is 73.6 Å². The van der Waals surface area contributed by atoms with Crippen LogP contribution in [-0.2, 0) is 35.1 Å². The Morgan fingerprint density at radius 3 is 2.13 bits per heavy atom. The first-order chi connectivity index (χ1) is 21.2. The molecule has 11 N–H and O–H groups in total. The van der Waals surface area contributed by atoms with E-state index in [9.17, 15) is 53.8 Å². The van der Waals surface area contributed by atoms with Crippen LogP contribution in [0.5, 0.6) is 0 Å². The number of anilines is 1. The van der Waals surface area contributed by atoms with Crippen molar-refractivity contribution in [2.24, 2.45) is 5.84 Å². The van der Waals surface area contributed by atoms with Gasteiger partial charge in [0, 0.05) is 28.1 Å². The lowest BCUT2D eigenvalue weighted by atomic mass is 9.89. The number of benzene rings is 3. The van der Waals surface area contributed by atoms with Crippen LogP contribution in [0.25, 0.3) is 33.4 Å². The third-order valence-electron chi connectivity index (χ3n) is 6.46. The van der Waals surface area contributed by atoms with Gasteiger partial charge in [0.1, 0.15) is 26.8 Å². The van der Waals surface area contributed by atoms with E-state index in [4.69, 9.17) is 26.0 Å². The molecule has 0 radical (unpaired) electrons. The molecule has 2 aromatic rings. The van der Waals surface area contributed by atoms with Gasteiger partial charge in [-0.05, 0) is 35.9 Å². The maximum Gasteiger partial charge on any atom is 0.336 e. The first kappa shape index (κ1) is 33.9. The minimum atomic E-state index is -5.45. The highest BCUT2D eigenvalue weighted by Gasteiger charge is 2.33. The number of amides is 2. The molecule has 0 saturated heterocycles.